The SMILES string of the molecule is CC(C)(Nc1ncc(-c2cccc(C(N)=O)c2)cn1)c1cccc(OC(F)F)n1. The first-order chi connectivity index (χ1) is 13.7. The first-order valence-corrected chi connectivity index (χ1v) is 8.67. The van der Waals surface area contributed by atoms with Gasteiger partial charge >= 0.3 is 6.61 Å². The number of hydrogen-bond donors (Lipinski definition) is 2. The van der Waals surface area contributed by atoms with Crippen LogP contribution < -0.4 is 15.8 Å². The van der Waals surface area contributed by atoms with E-state index in [1.807, 2.05) is 19.9 Å². The highest BCUT2D eigenvalue weighted by atomic mass is 19.3. The zero-order chi connectivity index (χ0) is 21.0. The molecule has 0 atom stereocenters. The molecule has 0 spiro atoms. The van der Waals surface area contributed by atoms with Gasteiger partial charge in [0.05, 0.1) is 11.2 Å². The second kappa shape index (κ2) is 8.17. The smallest absolute Gasteiger partial charge is 0.388 e. The molecule has 0 aliphatic rings. The molecule has 0 fully saturated rings. The van der Waals surface area contributed by atoms with Crippen LogP contribution in [0.4, 0.5) is 14.7 Å². The first kappa shape index (κ1) is 20.1. The number of ether oxygens (including phenoxy) is 1. The fraction of sp³-hybridized carbons (Fsp3) is 0.200. The van der Waals surface area contributed by atoms with Crippen LogP contribution in [0.25, 0.3) is 11.1 Å². The molecule has 0 aliphatic carbocycles. The molecule has 2 heterocycles. The molecule has 7 nitrogen and oxygen atoms in total. The lowest BCUT2D eigenvalue weighted by Gasteiger charge is -2.26. The fourth-order valence-electron chi connectivity index (χ4n) is 2.66. The van der Waals surface area contributed by atoms with Crippen molar-refractivity contribution in [2.75, 3.05) is 5.32 Å². The molecule has 1 amide bonds. The molecule has 0 saturated carbocycles. The van der Waals surface area contributed by atoms with Gasteiger partial charge in [-0.15, -0.1) is 0 Å². The summed E-state index contributed by atoms with van der Waals surface area (Å²) in [6.07, 6.45) is 3.21. The van der Waals surface area contributed by atoms with Crippen LogP contribution in [0.1, 0.15) is 29.9 Å². The number of halogens is 2. The third kappa shape index (κ3) is 5.01. The average molecular weight is 399 g/mol. The number of amides is 1. The Kier molecular flexibility index (Phi) is 5.67. The van der Waals surface area contributed by atoms with Crippen molar-refractivity contribution in [3.63, 3.8) is 0 Å². The number of carbonyl (C=O) groups excluding carboxylic acids is 1. The molecule has 0 saturated heterocycles. The summed E-state index contributed by atoms with van der Waals surface area (Å²) in [6, 6.07) is 11.5. The third-order valence-electron chi connectivity index (χ3n) is 4.13. The summed E-state index contributed by atoms with van der Waals surface area (Å²) < 4.78 is 29.2. The van der Waals surface area contributed by atoms with Crippen molar-refractivity contribution < 1.29 is 18.3 Å². The van der Waals surface area contributed by atoms with Crippen LogP contribution in [0, 0.1) is 0 Å². The minimum absolute atomic E-state index is 0.169. The van der Waals surface area contributed by atoms with Gasteiger partial charge in [0.15, 0.2) is 0 Å². The summed E-state index contributed by atoms with van der Waals surface area (Å²) in [5.41, 5.74) is 6.90. The van der Waals surface area contributed by atoms with Crippen LogP contribution in [-0.4, -0.2) is 27.5 Å². The largest absolute Gasteiger partial charge is 0.417 e. The van der Waals surface area contributed by atoms with Gasteiger partial charge in [-0.2, -0.15) is 8.78 Å². The predicted octanol–water partition coefficient (Wildman–Crippen LogP) is 3.59. The van der Waals surface area contributed by atoms with Gasteiger partial charge < -0.3 is 15.8 Å². The number of nitrogens with one attached hydrogen (secondary N) is 1. The number of carbonyl (C=O) groups is 1. The molecule has 3 aromatic rings. The molecule has 0 bridgehead atoms. The molecular formula is C20H19F2N5O2. The molecule has 0 aliphatic heterocycles. The van der Waals surface area contributed by atoms with Crippen molar-refractivity contribution in [1.29, 1.82) is 0 Å². The molecule has 2 aromatic heterocycles. The number of benzene rings is 1. The number of nitrogens with two attached hydrogens (primary N) is 1. The van der Waals surface area contributed by atoms with E-state index < -0.39 is 18.1 Å². The molecule has 3 rings (SSSR count). The van der Waals surface area contributed by atoms with E-state index in [9.17, 15) is 13.6 Å². The number of primary amides is 1. The van der Waals surface area contributed by atoms with E-state index in [2.05, 4.69) is 25.0 Å². The summed E-state index contributed by atoms with van der Waals surface area (Å²) in [6.45, 7) is 0.683. The second-order valence-corrected chi connectivity index (χ2v) is 6.73. The predicted molar refractivity (Wildman–Crippen MR) is 104 cm³/mol. The fourth-order valence-corrected chi connectivity index (χ4v) is 2.66. The van der Waals surface area contributed by atoms with E-state index in [0.29, 0.717) is 22.8 Å². The lowest BCUT2D eigenvalue weighted by Crippen LogP contribution is -2.30. The normalized spacial score (nSPS) is 11.3. The zero-order valence-corrected chi connectivity index (χ0v) is 15.8. The standard InChI is InChI=1S/C20H19F2N5O2/c1-20(2,15-7-4-8-16(26-15)29-18(21)22)27-19-24-10-14(11-25-19)12-5-3-6-13(9-12)17(23)28/h3-11,18H,1-2H3,(H2,23,28)(H,24,25,27). The average Bonchev–Trinajstić information content (AvgIpc) is 2.68. The number of rotatable bonds is 7. The molecule has 9 heteroatoms. The number of aromatic nitrogens is 3. The van der Waals surface area contributed by atoms with Crippen molar-refractivity contribution >= 4 is 11.9 Å². The topological polar surface area (TPSA) is 103 Å². The molecule has 1 aromatic carbocycles. The van der Waals surface area contributed by atoms with E-state index in [4.69, 9.17) is 5.73 Å². The van der Waals surface area contributed by atoms with Crippen LogP contribution >= 0.6 is 0 Å². The molecule has 150 valence electrons. The number of alkyl halides is 2. The van der Waals surface area contributed by atoms with Gasteiger partial charge in [0, 0.05) is 29.6 Å². The molecule has 0 radical (unpaired) electrons. The van der Waals surface area contributed by atoms with Crippen molar-refractivity contribution in [1.82, 2.24) is 15.0 Å². The van der Waals surface area contributed by atoms with Gasteiger partial charge in [-0.3, -0.25) is 4.79 Å². The van der Waals surface area contributed by atoms with Crippen molar-refractivity contribution in [3.05, 3.63) is 66.1 Å². The first-order valence-electron chi connectivity index (χ1n) is 8.67. The van der Waals surface area contributed by atoms with E-state index >= 15 is 0 Å². The molecular weight excluding hydrogens is 380 g/mol. The minimum Gasteiger partial charge on any atom is -0.417 e. The van der Waals surface area contributed by atoms with Gasteiger partial charge in [-0.25, -0.2) is 15.0 Å². The summed E-state index contributed by atoms with van der Waals surface area (Å²) in [4.78, 5) is 24.0. The Balaban J connectivity index is 1.78. The maximum atomic E-state index is 12.4. The molecule has 3 N–H and O–H groups in total. The lowest BCUT2D eigenvalue weighted by molar-refractivity contribution is -0.0530. The van der Waals surface area contributed by atoms with Crippen molar-refractivity contribution in [2.45, 2.75) is 26.0 Å². The summed E-state index contributed by atoms with van der Waals surface area (Å²) in [5.74, 6) is -0.358. The molecule has 0 unspecified atom stereocenters. The third-order valence-corrected chi connectivity index (χ3v) is 4.13. The Bertz CT molecular complexity index is 1010. The van der Waals surface area contributed by atoms with Crippen LogP contribution in [0.2, 0.25) is 0 Å². The van der Waals surface area contributed by atoms with Crippen molar-refractivity contribution in [3.8, 4) is 17.0 Å². The van der Waals surface area contributed by atoms with Gasteiger partial charge in [0.2, 0.25) is 17.7 Å². The van der Waals surface area contributed by atoms with Gasteiger partial charge in [0.1, 0.15) is 0 Å². The number of hydrogen-bond acceptors (Lipinski definition) is 6. The Hall–Kier alpha value is -3.62. The van der Waals surface area contributed by atoms with Gasteiger partial charge in [-0.1, -0.05) is 18.2 Å². The second-order valence-electron chi connectivity index (χ2n) is 6.73. The Labute approximate surface area is 166 Å². The maximum absolute atomic E-state index is 12.4. The number of anilines is 1. The zero-order valence-electron chi connectivity index (χ0n) is 15.8. The van der Waals surface area contributed by atoms with Crippen LogP contribution in [-0.2, 0) is 5.54 Å². The van der Waals surface area contributed by atoms with Crippen LogP contribution in [0.3, 0.4) is 0 Å². The highest BCUT2D eigenvalue weighted by Gasteiger charge is 2.24. The van der Waals surface area contributed by atoms with E-state index in [1.165, 1.54) is 6.07 Å². The van der Waals surface area contributed by atoms with Gasteiger partial charge in [-0.05, 0) is 37.6 Å². The quantitative estimate of drug-likeness (QED) is 0.629. The van der Waals surface area contributed by atoms with E-state index in [-0.39, 0.29) is 5.88 Å². The maximum Gasteiger partial charge on any atom is 0.388 e. The van der Waals surface area contributed by atoms with E-state index in [0.717, 1.165) is 5.56 Å². The van der Waals surface area contributed by atoms with Gasteiger partial charge in [0.25, 0.3) is 0 Å². The highest BCUT2D eigenvalue weighted by molar-refractivity contribution is 5.94. The van der Waals surface area contributed by atoms with E-state index in [1.54, 1.807) is 42.7 Å². The monoisotopic (exact) mass is 399 g/mol. The van der Waals surface area contributed by atoms with Crippen LogP contribution in [0.5, 0.6) is 5.88 Å². The Morgan fingerprint density at radius 1 is 1.10 bits per heavy atom. The highest BCUT2D eigenvalue weighted by Crippen LogP contribution is 2.25. The lowest BCUT2D eigenvalue weighted by atomic mass is 10.00. The molecule has 29 heavy (non-hydrogen) atoms. The van der Waals surface area contributed by atoms with Crippen molar-refractivity contribution in [2.24, 2.45) is 5.73 Å². The summed E-state index contributed by atoms with van der Waals surface area (Å²) >= 11 is 0. The number of nitrogens with zero attached hydrogens (tertiary/aromatic N) is 3. The summed E-state index contributed by atoms with van der Waals surface area (Å²) in [5, 5.41) is 3.12. The Morgan fingerprint density at radius 3 is 2.45 bits per heavy atom. The minimum atomic E-state index is -2.95. The van der Waals surface area contributed by atoms with Crippen LogP contribution in [0.15, 0.2) is 54.9 Å². The Morgan fingerprint density at radius 2 is 1.79 bits per heavy atom. The number of pyridine rings is 1. The summed E-state index contributed by atoms with van der Waals surface area (Å²) in [7, 11) is 0.